The molecule has 2 aliphatic carbocycles. The molecule has 0 aliphatic heterocycles. The number of hydrogen-bond donors (Lipinski definition) is 0. The molecule has 0 radical (unpaired) electrons. The second-order valence-corrected chi connectivity index (χ2v) is 38.1. The summed E-state index contributed by atoms with van der Waals surface area (Å²) in [4.78, 5) is 0. The molecule has 0 fully saturated rings. The van der Waals surface area contributed by atoms with Gasteiger partial charge in [0.25, 0.3) is 0 Å². The van der Waals surface area contributed by atoms with E-state index in [1.165, 1.54) is 23.1 Å². The Morgan fingerprint density at radius 3 is 2.06 bits per heavy atom. The van der Waals surface area contributed by atoms with Crippen LogP contribution in [0, 0.1) is 0 Å². The summed E-state index contributed by atoms with van der Waals surface area (Å²) < 4.78 is 3.69. The van der Waals surface area contributed by atoms with E-state index < -0.39 is 26.6 Å². The number of rotatable bonds is 3. The van der Waals surface area contributed by atoms with Crippen molar-refractivity contribution in [3.05, 3.63) is 74.1 Å². The first kappa shape index (κ1) is 27.8. The maximum absolute atomic E-state index is 2.68. The molecule has 0 saturated heterocycles. The third kappa shape index (κ3) is 5.14. The molecule has 4 rings (SSSR count). The number of fused-ring (bicyclic) bond motifs is 3. The number of halogens is 2. The van der Waals surface area contributed by atoms with Gasteiger partial charge in [-0.3, -0.25) is 0 Å². The molecule has 0 amide bonds. The van der Waals surface area contributed by atoms with Gasteiger partial charge >= 0.3 is 193 Å². The van der Waals surface area contributed by atoms with Crippen LogP contribution in [-0.4, -0.2) is 5.98 Å². The molecule has 0 bridgehead atoms. The van der Waals surface area contributed by atoms with E-state index >= 15 is 0 Å². The first-order valence-electron chi connectivity index (χ1n) is 11.5. The topological polar surface area (TPSA) is 0 Å². The van der Waals surface area contributed by atoms with E-state index in [0.29, 0.717) is 0 Å². The average Bonchev–Trinajstić information content (AvgIpc) is 3.27. The summed E-state index contributed by atoms with van der Waals surface area (Å²) in [5.74, 6) is -0.713. The van der Waals surface area contributed by atoms with Crippen molar-refractivity contribution in [3.8, 4) is 11.1 Å². The molecular formula is C28H37Cl2HfSi. The van der Waals surface area contributed by atoms with Gasteiger partial charge in [0.05, 0.1) is 0 Å². The van der Waals surface area contributed by atoms with Gasteiger partial charge in [-0.25, -0.2) is 0 Å². The maximum atomic E-state index is 2.68. The van der Waals surface area contributed by atoms with Crippen LogP contribution in [0.1, 0.15) is 70.2 Å². The molecule has 0 aromatic heterocycles. The smallest absolute Gasteiger partial charge is 1.00 e. The molecule has 2 aliphatic rings. The zero-order valence-electron chi connectivity index (χ0n) is 20.9. The summed E-state index contributed by atoms with van der Waals surface area (Å²) in [5, 5.41) is 0. The van der Waals surface area contributed by atoms with Crippen molar-refractivity contribution < 1.29 is 45.4 Å². The molecule has 0 nitrogen and oxygen atoms in total. The third-order valence-electron chi connectivity index (χ3n) is 6.73. The molecule has 0 spiro atoms. The molecule has 0 heterocycles. The number of benzene rings is 2. The Morgan fingerprint density at radius 2 is 1.53 bits per heavy atom. The zero-order valence-corrected chi connectivity index (χ0v) is 27.1. The summed E-state index contributed by atoms with van der Waals surface area (Å²) in [5.41, 5.74) is 9.82. The minimum Gasteiger partial charge on any atom is -1.00 e. The van der Waals surface area contributed by atoms with Gasteiger partial charge in [0, 0.05) is 0 Å². The van der Waals surface area contributed by atoms with Crippen molar-refractivity contribution in [1.29, 1.82) is 0 Å². The molecule has 0 N–H and O–H groups in total. The predicted octanol–water partition coefficient (Wildman–Crippen LogP) is 0.932. The van der Waals surface area contributed by atoms with Crippen LogP contribution in [0.4, 0.5) is 0 Å². The van der Waals surface area contributed by atoms with Crippen molar-refractivity contribution in [2.75, 3.05) is 0 Å². The number of hydrogen-bond acceptors (Lipinski definition) is 0. The molecular weight excluding hydrogens is 614 g/mol. The van der Waals surface area contributed by atoms with E-state index in [4.69, 9.17) is 0 Å². The van der Waals surface area contributed by atoms with Crippen molar-refractivity contribution in [1.82, 2.24) is 0 Å². The van der Waals surface area contributed by atoms with Crippen molar-refractivity contribution in [3.63, 3.8) is 0 Å². The van der Waals surface area contributed by atoms with Gasteiger partial charge in [0.15, 0.2) is 0 Å². The Bertz CT molecular complexity index is 1050. The van der Waals surface area contributed by atoms with Crippen LogP contribution >= 0.6 is 0 Å². The van der Waals surface area contributed by atoms with Crippen molar-refractivity contribution >= 4 is 9.30 Å². The predicted molar refractivity (Wildman–Crippen MR) is 132 cm³/mol. The van der Waals surface area contributed by atoms with Gasteiger partial charge < -0.3 is 24.8 Å². The monoisotopic (exact) mass is 651 g/mol. The second-order valence-electron chi connectivity index (χ2n) is 11.5. The molecule has 4 heteroatoms. The summed E-state index contributed by atoms with van der Waals surface area (Å²) in [6.07, 6.45) is 9.57. The molecule has 0 saturated carbocycles. The summed E-state index contributed by atoms with van der Waals surface area (Å²) >= 11 is -2.04. The van der Waals surface area contributed by atoms with Gasteiger partial charge in [0.1, 0.15) is 0 Å². The Balaban J connectivity index is 0.00000181. The van der Waals surface area contributed by atoms with E-state index in [1.54, 1.807) is 16.7 Å². The van der Waals surface area contributed by atoms with E-state index in [2.05, 4.69) is 103 Å². The largest absolute Gasteiger partial charge is 1.00 e. The zero-order chi connectivity index (χ0) is 21.8. The average molecular weight is 651 g/mol. The Hall–Kier alpha value is -0.413. The van der Waals surface area contributed by atoms with Gasteiger partial charge in [-0.2, -0.15) is 0 Å². The third-order valence-corrected chi connectivity index (χ3v) is 33.4. The molecule has 32 heavy (non-hydrogen) atoms. The summed E-state index contributed by atoms with van der Waals surface area (Å²) in [7, 11) is 0. The van der Waals surface area contributed by atoms with Crippen LogP contribution in [0.15, 0.2) is 51.9 Å². The Labute approximate surface area is 216 Å². The SMILES string of the molecule is C[SiH](C)[Hf+2]([C]1=CC=CC1)[c]1cc(C(C)(C)C)cc2c1Cc1c-2cccc1C(C)(C)C.[Cl-].[Cl-]. The van der Waals surface area contributed by atoms with E-state index in [1.807, 2.05) is 6.65 Å². The van der Waals surface area contributed by atoms with Gasteiger partial charge in [-0.15, -0.1) is 0 Å². The molecule has 171 valence electrons. The van der Waals surface area contributed by atoms with E-state index in [0.717, 1.165) is 6.42 Å². The number of allylic oxidation sites excluding steroid dienone is 4. The van der Waals surface area contributed by atoms with Crippen LogP contribution < -0.4 is 28.1 Å². The maximum Gasteiger partial charge on any atom is -1.00 e. The standard InChI is InChI=1S/C21H25.C5H5.C2H7Si.2ClH.Hf/c1-20(2,3)15-11-10-14-12-18-16(17(14)13-15)8-7-9-19(18)21(4,5)6;1-2-4-5-3-1;1-3-2;;;/h7-9,11,13H,12H2,1-6H3;1-3H,4H2;3H,1-2H3;2*1H;/q;;;;;+2/p-2. The van der Waals surface area contributed by atoms with Gasteiger partial charge in [-0.05, 0) is 0 Å². The van der Waals surface area contributed by atoms with Crippen molar-refractivity contribution in [2.24, 2.45) is 0 Å². The summed E-state index contributed by atoms with van der Waals surface area (Å²) in [6, 6.07) is 12.3. The quantitative estimate of drug-likeness (QED) is 0.371. The van der Waals surface area contributed by atoms with Crippen molar-refractivity contribution in [2.45, 2.75) is 78.3 Å². The normalized spacial score (nSPS) is 14.5. The fraction of sp³-hybridized carbons (Fsp3) is 0.429. The minimum atomic E-state index is -2.04. The van der Waals surface area contributed by atoms with Gasteiger partial charge in [-0.1, -0.05) is 0 Å². The fourth-order valence-electron chi connectivity index (χ4n) is 5.19. The Kier molecular flexibility index (Phi) is 8.75. The van der Waals surface area contributed by atoms with Crippen LogP contribution in [0.2, 0.25) is 13.1 Å². The fourth-order valence-corrected chi connectivity index (χ4v) is 31.6. The minimum absolute atomic E-state index is 0. The second kappa shape index (κ2) is 10.1. The first-order valence-corrected chi connectivity index (χ1v) is 24.2. The van der Waals surface area contributed by atoms with Crippen LogP contribution in [0.25, 0.3) is 11.1 Å². The molecule has 2 aromatic rings. The molecule has 0 unspecified atom stereocenters. The van der Waals surface area contributed by atoms with Crippen LogP contribution in [0.5, 0.6) is 0 Å². The molecule has 0 atom stereocenters. The summed E-state index contributed by atoms with van der Waals surface area (Å²) in [6.45, 7) is 19.5. The first-order chi connectivity index (χ1) is 14.0. The van der Waals surface area contributed by atoms with Crippen LogP contribution in [-0.2, 0) is 37.9 Å². The Morgan fingerprint density at radius 1 is 0.844 bits per heavy atom. The van der Waals surface area contributed by atoms with Gasteiger partial charge in [0.2, 0.25) is 0 Å². The van der Waals surface area contributed by atoms with E-state index in [-0.39, 0.29) is 35.6 Å². The molecule has 2 aromatic carbocycles. The van der Waals surface area contributed by atoms with E-state index in [9.17, 15) is 0 Å². The van der Waals surface area contributed by atoms with Crippen LogP contribution in [0.3, 0.4) is 0 Å².